The van der Waals surface area contributed by atoms with Gasteiger partial charge in [-0.2, -0.15) is 0 Å². The highest BCUT2D eigenvalue weighted by Gasteiger charge is 2.24. The predicted molar refractivity (Wildman–Crippen MR) is 110 cm³/mol. The number of nitrogens with zero attached hydrogens (tertiary/aromatic N) is 3. The number of benzene rings is 3. The fourth-order valence-corrected chi connectivity index (χ4v) is 3.34. The number of hydrogen-bond donors (Lipinski definition) is 1. The molecule has 3 aromatic carbocycles. The molecule has 7 heteroatoms. The lowest BCUT2D eigenvalue weighted by molar-refractivity contribution is -0.110. The van der Waals surface area contributed by atoms with Crippen molar-refractivity contribution in [2.45, 2.75) is 0 Å². The van der Waals surface area contributed by atoms with Crippen LogP contribution in [0.1, 0.15) is 11.1 Å². The maximum absolute atomic E-state index is 13.6. The summed E-state index contributed by atoms with van der Waals surface area (Å²) in [5.74, 6) is -0.970. The van der Waals surface area contributed by atoms with E-state index in [0.29, 0.717) is 28.2 Å². The number of anilines is 1. The standard InChI is InChI=1S/C23H14F2N4O/c24-16-5-8-18(9-6-16)29-13-22(27-28-29)15-3-1-14(2-4-15)11-20-19-12-17(25)7-10-21(19)26-23(20)30/h1-13H,(H,26,30). The third kappa shape index (κ3) is 3.26. The van der Waals surface area contributed by atoms with Crippen LogP contribution >= 0.6 is 0 Å². The van der Waals surface area contributed by atoms with Gasteiger partial charge in [0, 0.05) is 22.4 Å². The van der Waals surface area contributed by atoms with E-state index in [2.05, 4.69) is 15.6 Å². The highest BCUT2D eigenvalue weighted by Crippen LogP contribution is 2.33. The maximum Gasteiger partial charge on any atom is 0.256 e. The minimum atomic E-state index is -0.393. The summed E-state index contributed by atoms with van der Waals surface area (Å²) in [4.78, 5) is 12.2. The smallest absolute Gasteiger partial charge is 0.256 e. The first-order valence-electron chi connectivity index (χ1n) is 9.18. The number of carbonyl (C=O) groups excluding carboxylic acids is 1. The van der Waals surface area contributed by atoms with Crippen LogP contribution in [0.15, 0.2) is 72.9 Å². The number of fused-ring (bicyclic) bond motifs is 1. The Kier molecular flexibility index (Phi) is 4.21. The lowest BCUT2D eigenvalue weighted by Gasteiger charge is -2.01. The molecule has 5 rings (SSSR count). The van der Waals surface area contributed by atoms with Crippen molar-refractivity contribution in [3.8, 4) is 16.9 Å². The van der Waals surface area contributed by atoms with Gasteiger partial charge < -0.3 is 5.32 Å². The Bertz CT molecular complexity index is 1290. The van der Waals surface area contributed by atoms with Crippen molar-refractivity contribution in [1.82, 2.24) is 15.0 Å². The Labute approximate surface area is 170 Å². The van der Waals surface area contributed by atoms with Crippen LogP contribution in [0.3, 0.4) is 0 Å². The van der Waals surface area contributed by atoms with Crippen LogP contribution in [0, 0.1) is 11.6 Å². The molecule has 0 spiro atoms. The molecule has 30 heavy (non-hydrogen) atoms. The fourth-order valence-electron chi connectivity index (χ4n) is 3.34. The second-order valence-corrected chi connectivity index (χ2v) is 6.85. The molecule has 2 heterocycles. The second-order valence-electron chi connectivity index (χ2n) is 6.85. The van der Waals surface area contributed by atoms with Crippen LogP contribution in [0.4, 0.5) is 14.5 Å². The van der Waals surface area contributed by atoms with Gasteiger partial charge in [0.1, 0.15) is 17.3 Å². The van der Waals surface area contributed by atoms with Gasteiger partial charge >= 0.3 is 0 Å². The molecule has 1 aliphatic heterocycles. The summed E-state index contributed by atoms with van der Waals surface area (Å²) in [5.41, 5.74) is 4.56. The van der Waals surface area contributed by atoms with Crippen LogP contribution in [-0.2, 0) is 4.79 Å². The summed E-state index contributed by atoms with van der Waals surface area (Å²) in [6, 6.07) is 17.6. The third-order valence-corrected chi connectivity index (χ3v) is 4.87. The normalized spacial score (nSPS) is 14.1. The SMILES string of the molecule is O=C1Nc2ccc(F)cc2C1=Cc1ccc(-c2cn(-c3ccc(F)cc3)nn2)cc1. The molecule has 5 nitrogen and oxygen atoms in total. The van der Waals surface area contributed by atoms with Crippen molar-refractivity contribution in [3.05, 3.63) is 95.7 Å². The molecule has 0 saturated heterocycles. The first kappa shape index (κ1) is 17.9. The molecular formula is C23H14F2N4O. The van der Waals surface area contributed by atoms with Crippen molar-refractivity contribution in [2.24, 2.45) is 0 Å². The van der Waals surface area contributed by atoms with E-state index in [1.807, 2.05) is 24.3 Å². The average Bonchev–Trinajstić information content (AvgIpc) is 3.35. The van der Waals surface area contributed by atoms with Crippen molar-refractivity contribution >= 4 is 23.2 Å². The minimum absolute atomic E-state index is 0.262. The van der Waals surface area contributed by atoms with E-state index >= 15 is 0 Å². The molecule has 1 N–H and O–H groups in total. The van der Waals surface area contributed by atoms with Gasteiger partial charge in [0.25, 0.3) is 5.91 Å². The van der Waals surface area contributed by atoms with Gasteiger partial charge in [0.15, 0.2) is 0 Å². The monoisotopic (exact) mass is 400 g/mol. The predicted octanol–water partition coefficient (Wildman–Crippen LogP) is 4.71. The molecule has 4 aromatic rings. The molecule has 0 radical (unpaired) electrons. The van der Waals surface area contributed by atoms with E-state index in [-0.39, 0.29) is 11.7 Å². The minimum Gasteiger partial charge on any atom is -0.321 e. The van der Waals surface area contributed by atoms with Crippen molar-refractivity contribution in [2.75, 3.05) is 5.32 Å². The summed E-state index contributed by atoms with van der Waals surface area (Å²) in [6.45, 7) is 0. The van der Waals surface area contributed by atoms with Gasteiger partial charge in [-0.05, 0) is 54.1 Å². The largest absolute Gasteiger partial charge is 0.321 e. The molecule has 1 aromatic heterocycles. The Balaban J connectivity index is 1.42. The van der Waals surface area contributed by atoms with E-state index in [0.717, 1.165) is 11.1 Å². The highest BCUT2D eigenvalue weighted by molar-refractivity contribution is 6.34. The zero-order valence-electron chi connectivity index (χ0n) is 15.5. The quantitative estimate of drug-likeness (QED) is 0.507. The first-order valence-corrected chi connectivity index (χ1v) is 9.18. The molecule has 0 unspecified atom stereocenters. The van der Waals surface area contributed by atoms with Crippen LogP contribution in [0.25, 0.3) is 28.6 Å². The third-order valence-electron chi connectivity index (χ3n) is 4.87. The van der Waals surface area contributed by atoms with E-state index < -0.39 is 5.82 Å². The Morgan fingerprint density at radius 1 is 0.900 bits per heavy atom. The van der Waals surface area contributed by atoms with Crippen LogP contribution in [0.2, 0.25) is 0 Å². The zero-order valence-corrected chi connectivity index (χ0v) is 15.5. The van der Waals surface area contributed by atoms with Crippen molar-refractivity contribution < 1.29 is 13.6 Å². The molecule has 0 atom stereocenters. The van der Waals surface area contributed by atoms with Gasteiger partial charge in [-0.1, -0.05) is 29.5 Å². The summed E-state index contributed by atoms with van der Waals surface area (Å²) in [6.07, 6.45) is 3.48. The molecule has 0 bridgehead atoms. The molecule has 1 aliphatic rings. The summed E-state index contributed by atoms with van der Waals surface area (Å²) in [7, 11) is 0. The van der Waals surface area contributed by atoms with Crippen LogP contribution in [0.5, 0.6) is 0 Å². The number of halogens is 2. The lowest BCUT2D eigenvalue weighted by atomic mass is 10.0. The number of nitrogens with one attached hydrogen (secondary N) is 1. The van der Waals surface area contributed by atoms with Crippen LogP contribution < -0.4 is 5.32 Å². The topological polar surface area (TPSA) is 59.8 Å². The molecule has 0 aliphatic carbocycles. The average molecular weight is 400 g/mol. The van der Waals surface area contributed by atoms with E-state index in [4.69, 9.17) is 0 Å². The lowest BCUT2D eigenvalue weighted by Crippen LogP contribution is -2.03. The maximum atomic E-state index is 13.6. The van der Waals surface area contributed by atoms with Gasteiger partial charge in [0.2, 0.25) is 0 Å². The van der Waals surface area contributed by atoms with Crippen molar-refractivity contribution in [1.29, 1.82) is 0 Å². The number of amides is 1. The second kappa shape index (κ2) is 7.04. The number of aromatic nitrogens is 3. The fraction of sp³-hybridized carbons (Fsp3) is 0. The molecule has 146 valence electrons. The van der Waals surface area contributed by atoms with Gasteiger partial charge in [-0.15, -0.1) is 5.10 Å². The Morgan fingerprint density at radius 3 is 2.40 bits per heavy atom. The van der Waals surface area contributed by atoms with Gasteiger partial charge in [0.05, 0.1) is 11.9 Å². The number of hydrogen-bond acceptors (Lipinski definition) is 3. The molecule has 1 amide bonds. The number of rotatable bonds is 3. The summed E-state index contributed by atoms with van der Waals surface area (Å²) >= 11 is 0. The Hall–Kier alpha value is -4.13. The summed E-state index contributed by atoms with van der Waals surface area (Å²) < 4.78 is 28.2. The zero-order chi connectivity index (χ0) is 20.7. The molecular weight excluding hydrogens is 386 g/mol. The first-order chi connectivity index (χ1) is 14.6. The Morgan fingerprint density at radius 2 is 1.63 bits per heavy atom. The van der Waals surface area contributed by atoms with E-state index in [1.54, 1.807) is 35.2 Å². The molecule has 0 fully saturated rings. The van der Waals surface area contributed by atoms with Crippen molar-refractivity contribution in [3.63, 3.8) is 0 Å². The number of carbonyl (C=O) groups is 1. The molecule has 0 saturated carbocycles. The van der Waals surface area contributed by atoms with E-state index in [9.17, 15) is 13.6 Å². The van der Waals surface area contributed by atoms with Gasteiger partial charge in [-0.25, -0.2) is 13.5 Å². The van der Waals surface area contributed by atoms with Crippen LogP contribution in [-0.4, -0.2) is 20.9 Å². The van der Waals surface area contributed by atoms with Gasteiger partial charge in [-0.3, -0.25) is 4.79 Å². The highest BCUT2D eigenvalue weighted by atomic mass is 19.1. The summed E-state index contributed by atoms with van der Waals surface area (Å²) in [5, 5.41) is 11.0. The van der Waals surface area contributed by atoms with E-state index in [1.165, 1.54) is 24.3 Å².